The summed E-state index contributed by atoms with van der Waals surface area (Å²) in [7, 11) is 0. The fraction of sp³-hybridized carbons (Fsp3) is 0.267. The van der Waals surface area contributed by atoms with Gasteiger partial charge in [-0.1, -0.05) is 12.1 Å². The van der Waals surface area contributed by atoms with Gasteiger partial charge in [-0.05, 0) is 48.6 Å². The van der Waals surface area contributed by atoms with Gasteiger partial charge in [0.1, 0.15) is 5.75 Å². The molecule has 0 aliphatic rings. The van der Waals surface area contributed by atoms with Crippen LogP contribution in [0, 0.1) is 13.8 Å². The van der Waals surface area contributed by atoms with E-state index in [4.69, 9.17) is 4.74 Å². The topological polar surface area (TPSA) is 38.3 Å². The highest BCUT2D eigenvalue weighted by Gasteiger charge is 2.04. The van der Waals surface area contributed by atoms with Gasteiger partial charge in [0, 0.05) is 4.88 Å². The van der Waals surface area contributed by atoms with Crippen molar-refractivity contribution < 1.29 is 9.53 Å². The van der Waals surface area contributed by atoms with Crippen LogP contribution in [0.2, 0.25) is 0 Å². The van der Waals surface area contributed by atoms with Gasteiger partial charge in [-0.3, -0.25) is 4.79 Å². The molecule has 0 unspecified atom stereocenters. The fourth-order valence-electron chi connectivity index (χ4n) is 1.82. The predicted octanol–water partition coefficient (Wildman–Crippen LogP) is 3.06. The summed E-state index contributed by atoms with van der Waals surface area (Å²) in [5.41, 5.74) is 2.27. The van der Waals surface area contributed by atoms with Crippen molar-refractivity contribution in [2.75, 3.05) is 6.61 Å². The summed E-state index contributed by atoms with van der Waals surface area (Å²) in [4.78, 5) is 12.8. The van der Waals surface area contributed by atoms with Gasteiger partial charge in [0.05, 0.1) is 6.54 Å². The number of amides is 1. The molecule has 0 fully saturated rings. The predicted molar refractivity (Wildman–Crippen MR) is 77.6 cm³/mol. The average molecular weight is 275 g/mol. The Morgan fingerprint density at radius 2 is 2.00 bits per heavy atom. The molecule has 2 rings (SSSR count). The van der Waals surface area contributed by atoms with Crippen molar-refractivity contribution >= 4 is 17.2 Å². The Labute approximate surface area is 117 Å². The minimum atomic E-state index is -0.104. The van der Waals surface area contributed by atoms with Gasteiger partial charge in [-0.15, -0.1) is 11.3 Å². The van der Waals surface area contributed by atoms with E-state index >= 15 is 0 Å². The van der Waals surface area contributed by atoms with Crippen molar-refractivity contribution in [2.24, 2.45) is 0 Å². The average Bonchev–Trinajstić information content (AvgIpc) is 2.86. The Balaban J connectivity index is 1.79. The lowest BCUT2D eigenvalue weighted by Gasteiger charge is -2.08. The van der Waals surface area contributed by atoms with Gasteiger partial charge >= 0.3 is 0 Å². The quantitative estimate of drug-likeness (QED) is 0.910. The Bertz CT molecular complexity index is 529. The third kappa shape index (κ3) is 4.41. The smallest absolute Gasteiger partial charge is 0.258 e. The number of nitrogens with one attached hydrogen (secondary N) is 1. The van der Waals surface area contributed by atoms with Crippen LogP contribution in [0.4, 0.5) is 0 Å². The van der Waals surface area contributed by atoms with Gasteiger partial charge in [0.15, 0.2) is 6.61 Å². The largest absolute Gasteiger partial charge is 0.484 e. The summed E-state index contributed by atoms with van der Waals surface area (Å²) in [6.07, 6.45) is 0. The highest BCUT2D eigenvalue weighted by atomic mass is 32.1. The molecule has 0 spiro atoms. The molecule has 0 saturated heterocycles. The number of thiophene rings is 1. The van der Waals surface area contributed by atoms with Crippen LogP contribution >= 0.6 is 11.3 Å². The molecule has 2 aromatic rings. The van der Waals surface area contributed by atoms with Gasteiger partial charge in [0.25, 0.3) is 5.91 Å². The summed E-state index contributed by atoms with van der Waals surface area (Å²) >= 11 is 1.63. The molecule has 19 heavy (non-hydrogen) atoms. The molecule has 1 heterocycles. The molecule has 1 N–H and O–H groups in total. The maximum atomic E-state index is 11.6. The number of hydrogen-bond acceptors (Lipinski definition) is 3. The van der Waals surface area contributed by atoms with Gasteiger partial charge < -0.3 is 10.1 Å². The van der Waals surface area contributed by atoms with Crippen LogP contribution in [-0.4, -0.2) is 12.5 Å². The molecule has 1 amide bonds. The standard InChI is InChI=1S/C15H17NO2S/c1-11-6-12(2)8-13(7-11)18-10-15(17)16-9-14-4-3-5-19-14/h3-8H,9-10H2,1-2H3,(H,16,17). The zero-order valence-electron chi connectivity index (χ0n) is 11.1. The summed E-state index contributed by atoms with van der Waals surface area (Å²) in [5, 5.41) is 4.82. The number of carbonyl (C=O) groups is 1. The van der Waals surface area contributed by atoms with Crippen molar-refractivity contribution in [3.63, 3.8) is 0 Å². The second-order valence-electron chi connectivity index (χ2n) is 4.47. The van der Waals surface area contributed by atoms with Gasteiger partial charge in [0.2, 0.25) is 0 Å². The Morgan fingerprint density at radius 3 is 2.63 bits per heavy atom. The van der Waals surface area contributed by atoms with Crippen LogP contribution in [0.1, 0.15) is 16.0 Å². The summed E-state index contributed by atoms with van der Waals surface area (Å²) in [6, 6.07) is 9.90. The zero-order chi connectivity index (χ0) is 13.7. The minimum Gasteiger partial charge on any atom is -0.484 e. The van der Waals surface area contributed by atoms with E-state index in [9.17, 15) is 4.79 Å². The molecule has 0 aliphatic carbocycles. The molecule has 1 aromatic carbocycles. The van der Waals surface area contributed by atoms with Crippen molar-refractivity contribution in [3.05, 3.63) is 51.7 Å². The molecule has 3 nitrogen and oxygen atoms in total. The summed E-state index contributed by atoms with van der Waals surface area (Å²) in [5.74, 6) is 0.635. The van der Waals surface area contributed by atoms with E-state index < -0.39 is 0 Å². The first-order chi connectivity index (χ1) is 9.13. The maximum Gasteiger partial charge on any atom is 0.258 e. The second kappa shape index (κ2) is 6.38. The molecule has 0 saturated carbocycles. The molecule has 0 bridgehead atoms. The Morgan fingerprint density at radius 1 is 1.26 bits per heavy atom. The molecular weight excluding hydrogens is 258 g/mol. The first-order valence-corrected chi connectivity index (χ1v) is 7.01. The first kappa shape index (κ1) is 13.6. The first-order valence-electron chi connectivity index (χ1n) is 6.13. The third-order valence-electron chi connectivity index (χ3n) is 2.61. The van der Waals surface area contributed by atoms with Gasteiger partial charge in [-0.25, -0.2) is 0 Å². The van der Waals surface area contributed by atoms with E-state index in [1.165, 1.54) is 0 Å². The summed E-state index contributed by atoms with van der Waals surface area (Å²) < 4.78 is 5.49. The van der Waals surface area contributed by atoms with Crippen LogP contribution in [0.15, 0.2) is 35.7 Å². The number of rotatable bonds is 5. The van der Waals surface area contributed by atoms with Crippen LogP contribution in [-0.2, 0) is 11.3 Å². The highest BCUT2D eigenvalue weighted by molar-refractivity contribution is 7.09. The number of ether oxygens (including phenoxy) is 1. The van der Waals surface area contributed by atoms with E-state index in [0.717, 1.165) is 21.8 Å². The molecule has 0 atom stereocenters. The highest BCUT2D eigenvalue weighted by Crippen LogP contribution is 2.16. The lowest BCUT2D eigenvalue weighted by Crippen LogP contribution is -2.28. The number of benzene rings is 1. The van der Waals surface area contributed by atoms with Crippen molar-refractivity contribution in [1.82, 2.24) is 5.32 Å². The summed E-state index contributed by atoms with van der Waals surface area (Å²) in [6.45, 7) is 4.63. The Hall–Kier alpha value is -1.81. The molecule has 0 radical (unpaired) electrons. The molecule has 0 aliphatic heterocycles. The van der Waals surface area contributed by atoms with E-state index in [1.54, 1.807) is 11.3 Å². The Kier molecular flexibility index (Phi) is 4.58. The van der Waals surface area contributed by atoms with Crippen molar-refractivity contribution in [1.29, 1.82) is 0 Å². The van der Waals surface area contributed by atoms with Crippen LogP contribution in [0.3, 0.4) is 0 Å². The van der Waals surface area contributed by atoms with E-state index in [2.05, 4.69) is 11.4 Å². The molecule has 4 heteroatoms. The number of hydrogen-bond donors (Lipinski definition) is 1. The zero-order valence-corrected chi connectivity index (χ0v) is 11.9. The SMILES string of the molecule is Cc1cc(C)cc(OCC(=O)NCc2cccs2)c1. The minimum absolute atomic E-state index is 0.0499. The normalized spacial score (nSPS) is 10.2. The van der Waals surface area contributed by atoms with E-state index in [0.29, 0.717) is 6.54 Å². The molecular formula is C15H17NO2S. The third-order valence-corrected chi connectivity index (χ3v) is 3.48. The van der Waals surface area contributed by atoms with Gasteiger partial charge in [-0.2, -0.15) is 0 Å². The molecule has 1 aromatic heterocycles. The lowest BCUT2D eigenvalue weighted by molar-refractivity contribution is -0.123. The fourth-order valence-corrected chi connectivity index (χ4v) is 2.46. The van der Waals surface area contributed by atoms with Crippen LogP contribution in [0.25, 0.3) is 0 Å². The van der Waals surface area contributed by atoms with E-state index in [-0.39, 0.29) is 12.5 Å². The monoisotopic (exact) mass is 275 g/mol. The van der Waals surface area contributed by atoms with E-state index in [1.807, 2.05) is 43.5 Å². The maximum absolute atomic E-state index is 11.6. The lowest BCUT2D eigenvalue weighted by atomic mass is 10.1. The number of aryl methyl sites for hydroxylation is 2. The molecule has 100 valence electrons. The van der Waals surface area contributed by atoms with Crippen molar-refractivity contribution in [3.8, 4) is 5.75 Å². The van der Waals surface area contributed by atoms with Crippen LogP contribution < -0.4 is 10.1 Å². The number of carbonyl (C=O) groups excluding carboxylic acids is 1. The van der Waals surface area contributed by atoms with Crippen molar-refractivity contribution in [2.45, 2.75) is 20.4 Å². The second-order valence-corrected chi connectivity index (χ2v) is 5.50. The van der Waals surface area contributed by atoms with Crippen LogP contribution in [0.5, 0.6) is 5.75 Å².